The summed E-state index contributed by atoms with van der Waals surface area (Å²) in [5.74, 6) is 0.0399. The van der Waals surface area contributed by atoms with Crippen molar-refractivity contribution in [3.8, 4) is 0 Å². The first kappa shape index (κ1) is 14.3. The molecule has 0 aromatic carbocycles. The minimum atomic E-state index is 0.0399. The average molecular weight is 304 g/mol. The van der Waals surface area contributed by atoms with Crippen molar-refractivity contribution in [1.82, 2.24) is 14.8 Å². The highest BCUT2D eigenvalue weighted by Crippen LogP contribution is 2.33. The van der Waals surface area contributed by atoms with E-state index in [1.807, 2.05) is 17.0 Å². The van der Waals surface area contributed by atoms with Gasteiger partial charge in [0.05, 0.1) is 10.4 Å². The summed E-state index contributed by atoms with van der Waals surface area (Å²) in [6, 6.07) is 4.22. The second-order valence-electron chi connectivity index (χ2n) is 5.42. The van der Waals surface area contributed by atoms with Crippen molar-refractivity contribution in [2.24, 2.45) is 0 Å². The maximum Gasteiger partial charge on any atom is 0.266 e. The van der Waals surface area contributed by atoms with E-state index < -0.39 is 0 Å². The lowest BCUT2D eigenvalue weighted by Crippen LogP contribution is -2.53. The van der Waals surface area contributed by atoms with Gasteiger partial charge in [0.25, 0.3) is 5.91 Å². The fourth-order valence-corrected chi connectivity index (χ4v) is 3.95. The van der Waals surface area contributed by atoms with Crippen LogP contribution in [0.1, 0.15) is 23.5 Å². The van der Waals surface area contributed by atoms with Crippen molar-refractivity contribution in [3.05, 3.63) is 23.2 Å². The zero-order valence-electron chi connectivity index (χ0n) is 12.4. The van der Waals surface area contributed by atoms with E-state index in [2.05, 4.69) is 23.7 Å². The highest BCUT2D eigenvalue weighted by molar-refractivity contribution is 7.21. The van der Waals surface area contributed by atoms with Crippen LogP contribution in [0.25, 0.3) is 10.2 Å². The third-order valence-electron chi connectivity index (χ3n) is 4.14. The van der Waals surface area contributed by atoms with Gasteiger partial charge in [-0.1, -0.05) is 6.92 Å². The molecule has 3 heterocycles. The number of fused-ring (bicyclic) bond motifs is 1. The molecule has 0 bridgehead atoms. The van der Waals surface area contributed by atoms with Gasteiger partial charge in [-0.15, -0.1) is 11.3 Å². The maximum absolute atomic E-state index is 12.7. The number of likely N-dealkylation sites (N-methyl/N-ethyl adjacent to an activating group) is 1. The van der Waals surface area contributed by atoms with E-state index in [4.69, 9.17) is 5.73 Å². The van der Waals surface area contributed by atoms with Crippen molar-refractivity contribution in [1.29, 1.82) is 0 Å². The predicted octanol–water partition coefficient (Wildman–Crippen LogP) is 2.04. The Bertz CT molecular complexity index is 669. The van der Waals surface area contributed by atoms with Crippen molar-refractivity contribution in [3.63, 3.8) is 0 Å². The van der Waals surface area contributed by atoms with E-state index in [0.29, 0.717) is 16.6 Å². The SMILES string of the molecule is CCN1CCN(C(=O)c2sc3cccnc3c2N)CC1C. The Morgan fingerprint density at radius 3 is 3.00 bits per heavy atom. The monoisotopic (exact) mass is 304 g/mol. The van der Waals surface area contributed by atoms with Crippen LogP contribution < -0.4 is 5.73 Å². The van der Waals surface area contributed by atoms with Crippen molar-refractivity contribution in [2.75, 3.05) is 31.9 Å². The van der Waals surface area contributed by atoms with Gasteiger partial charge in [-0.3, -0.25) is 14.7 Å². The number of hydrogen-bond donors (Lipinski definition) is 1. The van der Waals surface area contributed by atoms with Crippen LogP contribution in [0.4, 0.5) is 5.69 Å². The second kappa shape index (κ2) is 5.61. The first-order chi connectivity index (χ1) is 10.1. The zero-order valence-corrected chi connectivity index (χ0v) is 13.2. The predicted molar refractivity (Wildman–Crippen MR) is 86.6 cm³/mol. The molecule has 0 aliphatic carbocycles. The Hall–Kier alpha value is -1.66. The summed E-state index contributed by atoms with van der Waals surface area (Å²) in [6.07, 6.45) is 1.71. The Labute approximate surface area is 128 Å². The molecule has 2 aromatic heterocycles. The number of pyridine rings is 1. The molecule has 1 aliphatic rings. The largest absolute Gasteiger partial charge is 0.396 e. The lowest BCUT2D eigenvalue weighted by atomic mass is 10.2. The molecule has 21 heavy (non-hydrogen) atoms. The first-order valence-electron chi connectivity index (χ1n) is 7.28. The number of carbonyl (C=O) groups excluding carboxylic acids is 1. The molecular formula is C15H20N4OS. The highest BCUT2D eigenvalue weighted by Gasteiger charge is 2.28. The van der Waals surface area contributed by atoms with E-state index in [9.17, 15) is 4.79 Å². The highest BCUT2D eigenvalue weighted by atomic mass is 32.1. The van der Waals surface area contributed by atoms with Gasteiger partial charge in [0.1, 0.15) is 10.4 Å². The number of anilines is 1. The molecule has 1 saturated heterocycles. The molecule has 5 nitrogen and oxygen atoms in total. The van der Waals surface area contributed by atoms with Gasteiger partial charge in [0, 0.05) is 31.9 Å². The number of carbonyl (C=O) groups is 1. The van der Waals surface area contributed by atoms with E-state index in [0.717, 1.165) is 36.4 Å². The molecule has 1 amide bonds. The molecule has 112 valence electrons. The van der Waals surface area contributed by atoms with E-state index in [1.54, 1.807) is 6.20 Å². The number of nitrogens with zero attached hydrogens (tertiary/aromatic N) is 3. The normalized spacial score (nSPS) is 20.1. The van der Waals surface area contributed by atoms with E-state index in [-0.39, 0.29) is 5.91 Å². The fraction of sp³-hybridized carbons (Fsp3) is 0.467. The van der Waals surface area contributed by atoms with Crippen LogP contribution in [0.2, 0.25) is 0 Å². The Morgan fingerprint density at radius 1 is 1.52 bits per heavy atom. The van der Waals surface area contributed by atoms with Gasteiger partial charge >= 0.3 is 0 Å². The van der Waals surface area contributed by atoms with Gasteiger partial charge in [-0.2, -0.15) is 0 Å². The van der Waals surface area contributed by atoms with Crippen LogP contribution in [0, 0.1) is 0 Å². The molecule has 0 saturated carbocycles. The molecule has 2 aromatic rings. The minimum absolute atomic E-state index is 0.0399. The molecule has 2 N–H and O–H groups in total. The molecule has 1 unspecified atom stereocenters. The Morgan fingerprint density at radius 2 is 2.33 bits per heavy atom. The third kappa shape index (κ3) is 2.49. The summed E-state index contributed by atoms with van der Waals surface area (Å²) in [4.78, 5) is 21.9. The number of rotatable bonds is 2. The van der Waals surface area contributed by atoms with Gasteiger partial charge < -0.3 is 10.6 Å². The molecule has 1 fully saturated rings. The van der Waals surface area contributed by atoms with Gasteiger partial charge in [0.15, 0.2) is 0 Å². The summed E-state index contributed by atoms with van der Waals surface area (Å²) in [5.41, 5.74) is 7.39. The molecule has 6 heteroatoms. The maximum atomic E-state index is 12.7. The van der Waals surface area contributed by atoms with Crippen LogP contribution in [0.3, 0.4) is 0 Å². The van der Waals surface area contributed by atoms with Gasteiger partial charge in [0.2, 0.25) is 0 Å². The molecule has 0 radical (unpaired) electrons. The smallest absolute Gasteiger partial charge is 0.266 e. The van der Waals surface area contributed by atoms with Gasteiger partial charge in [-0.25, -0.2) is 0 Å². The molecule has 1 atom stereocenters. The van der Waals surface area contributed by atoms with Crippen molar-refractivity contribution >= 4 is 33.1 Å². The third-order valence-corrected chi connectivity index (χ3v) is 5.28. The van der Waals surface area contributed by atoms with Crippen molar-refractivity contribution in [2.45, 2.75) is 19.9 Å². The fourth-order valence-electron chi connectivity index (χ4n) is 2.90. The van der Waals surface area contributed by atoms with Crippen LogP contribution in [-0.2, 0) is 0 Å². The minimum Gasteiger partial charge on any atom is -0.396 e. The summed E-state index contributed by atoms with van der Waals surface area (Å²) in [5, 5.41) is 0. The van der Waals surface area contributed by atoms with Crippen LogP contribution in [0.15, 0.2) is 18.3 Å². The number of thiophene rings is 1. The molecule has 3 rings (SSSR count). The summed E-state index contributed by atoms with van der Waals surface area (Å²) in [6.45, 7) is 7.79. The number of aromatic nitrogens is 1. The van der Waals surface area contributed by atoms with Crippen LogP contribution in [-0.4, -0.2) is 52.9 Å². The van der Waals surface area contributed by atoms with Crippen molar-refractivity contribution < 1.29 is 4.79 Å². The van der Waals surface area contributed by atoms with Crippen LogP contribution >= 0.6 is 11.3 Å². The van der Waals surface area contributed by atoms with Gasteiger partial charge in [-0.05, 0) is 25.6 Å². The zero-order chi connectivity index (χ0) is 15.0. The first-order valence-corrected chi connectivity index (χ1v) is 8.09. The summed E-state index contributed by atoms with van der Waals surface area (Å²) < 4.78 is 0.971. The standard InChI is InChI=1S/C15H20N4OS/c1-3-18-7-8-19(9-10(18)2)15(20)14-12(16)13-11(21-14)5-4-6-17-13/h4-6,10H,3,7-9,16H2,1-2H3. The quantitative estimate of drug-likeness (QED) is 0.922. The molecule has 0 spiro atoms. The molecular weight excluding hydrogens is 284 g/mol. The topological polar surface area (TPSA) is 62.5 Å². The van der Waals surface area contributed by atoms with Crippen LogP contribution in [0.5, 0.6) is 0 Å². The number of piperazine rings is 1. The summed E-state index contributed by atoms with van der Waals surface area (Å²) >= 11 is 1.44. The Kier molecular flexibility index (Phi) is 3.82. The second-order valence-corrected chi connectivity index (χ2v) is 6.48. The number of hydrogen-bond acceptors (Lipinski definition) is 5. The van der Waals surface area contributed by atoms with E-state index in [1.165, 1.54) is 11.3 Å². The average Bonchev–Trinajstić information content (AvgIpc) is 2.84. The Balaban J connectivity index is 1.86. The molecule has 1 aliphatic heterocycles. The van der Waals surface area contributed by atoms with E-state index >= 15 is 0 Å². The number of nitrogens with two attached hydrogens (primary N) is 1. The summed E-state index contributed by atoms with van der Waals surface area (Å²) in [7, 11) is 0. The lowest BCUT2D eigenvalue weighted by molar-refractivity contribution is 0.0533. The lowest BCUT2D eigenvalue weighted by Gasteiger charge is -2.39. The number of amides is 1. The number of nitrogen functional groups attached to an aromatic ring is 1.